The van der Waals surface area contributed by atoms with Crippen LogP contribution in [0.3, 0.4) is 0 Å². The Kier molecular flexibility index (Phi) is 5.43. The molecule has 144 valence electrons. The molecular weight excluding hydrogens is 368 g/mol. The van der Waals surface area contributed by atoms with Gasteiger partial charge in [-0.15, -0.1) is 0 Å². The summed E-state index contributed by atoms with van der Waals surface area (Å²) < 4.78 is 27.2. The van der Waals surface area contributed by atoms with Crippen molar-refractivity contribution in [1.29, 1.82) is 0 Å². The third kappa shape index (κ3) is 4.25. The summed E-state index contributed by atoms with van der Waals surface area (Å²) in [6, 6.07) is 8.14. The Balaban J connectivity index is 1.79. The molecule has 0 saturated heterocycles. The Morgan fingerprint density at radius 2 is 2.00 bits per heavy atom. The Morgan fingerprint density at radius 1 is 1.22 bits per heavy atom. The topological polar surface area (TPSA) is 101 Å². The van der Waals surface area contributed by atoms with Gasteiger partial charge in [0.1, 0.15) is 5.69 Å². The second-order valence-corrected chi connectivity index (χ2v) is 8.61. The third-order valence-corrected chi connectivity index (χ3v) is 6.51. The largest absolute Gasteiger partial charge is 0.321 e. The minimum Gasteiger partial charge on any atom is -0.321 e. The van der Waals surface area contributed by atoms with Crippen molar-refractivity contribution in [2.24, 2.45) is 7.05 Å². The van der Waals surface area contributed by atoms with Crippen molar-refractivity contribution in [3.8, 4) is 0 Å². The zero-order valence-corrected chi connectivity index (χ0v) is 16.1. The SMILES string of the molecule is CCCS(=O)(=O)N1CCc2ccc(NC(=O)c3ccc(=O)n(C)n3)cc2C1. The molecule has 0 fully saturated rings. The molecule has 27 heavy (non-hydrogen) atoms. The van der Waals surface area contributed by atoms with Gasteiger partial charge in [0, 0.05) is 31.9 Å². The van der Waals surface area contributed by atoms with E-state index in [-0.39, 0.29) is 17.0 Å². The van der Waals surface area contributed by atoms with Crippen LogP contribution in [-0.4, -0.2) is 40.7 Å². The van der Waals surface area contributed by atoms with Gasteiger partial charge in [-0.25, -0.2) is 13.1 Å². The molecule has 1 aromatic heterocycles. The fraction of sp³-hybridized carbons (Fsp3) is 0.389. The van der Waals surface area contributed by atoms with Gasteiger partial charge < -0.3 is 5.32 Å². The molecule has 0 aliphatic carbocycles. The summed E-state index contributed by atoms with van der Waals surface area (Å²) in [4.78, 5) is 23.7. The molecule has 1 N–H and O–H groups in total. The van der Waals surface area contributed by atoms with Gasteiger partial charge in [0.15, 0.2) is 0 Å². The van der Waals surface area contributed by atoms with E-state index in [4.69, 9.17) is 0 Å². The summed E-state index contributed by atoms with van der Waals surface area (Å²) in [6.07, 6.45) is 1.23. The molecular formula is C18H22N4O4S. The zero-order valence-electron chi connectivity index (χ0n) is 15.3. The van der Waals surface area contributed by atoms with Crippen LogP contribution in [0.5, 0.6) is 0 Å². The van der Waals surface area contributed by atoms with Crippen LogP contribution in [-0.2, 0) is 30.0 Å². The molecule has 0 atom stereocenters. The second-order valence-electron chi connectivity index (χ2n) is 6.52. The summed E-state index contributed by atoms with van der Waals surface area (Å²) in [5.41, 5.74) is 2.35. The lowest BCUT2D eigenvalue weighted by atomic mass is 10.0. The molecule has 0 radical (unpaired) electrons. The lowest BCUT2D eigenvalue weighted by Gasteiger charge is -2.28. The van der Waals surface area contributed by atoms with Gasteiger partial charge in [-0.3, -0.25) is 9.59 Å². The smallest absolute Gasteiger partial charge is 0.276 e. The Morgan fingerprint density at radius 3 is 2.70 bits per heavy atom. The minimum absolute atomic E-state index is 0.127. The number of aryl methyl sites for hydroxylation is 1. The van der Waals surface area contributed by atoms with Crippen molar-refractivity contribution in [3.05, 3.63) is 57.5 Å². The molecule has 0 unspecified atom stereocenters. The van der Waals surface area contributed by atoms with E-state index in [1.165, 1.54) is 23.5 Å². The number of carbonyl (C=O) groups excluding carboxylic acids is 1. The standard InChI is InChI=1S/C18H22N4O4S/c1-3-10-27(25,26)22-9-8-13-4-5-15(11-14(13)12-22)19-18(24)16-6-7-17(23)21(2)20-16/h4-7,11H,3,8-10,12H2,1-2H3,(H,19,24). The number of sulfonamides is 1. The van der Waals surface area contributed by atoms with Crippen molar-refractivity contribution >= 4 is 21.6 Å². The van der Waals surface area contributed by atoms with Crippen molar-refractivity contribution < 1.29 is 13.2 Å². The Bertz CT molecular complexity index is 1030. The van der Waals surface area contributed by atoms with Crippen molar-refractivity contribution in [2.45, 2.75) is 26.3 Å². The first kappa shape index (κ1) is 19.2. The van der Waals surface area contributed by atoms with E-state index in [1.54, 1.807) is 12.1 Å². The molecule has 1 aromatic carbocycles. The van der Waals surface area contributed by atoms with Gasteiger partial charge in [0.05, 0.1) is 5.75 Å². The molecule has 2 aromatic rings. The van der Waals surface area contributed by atoms with Gasteiger partial charge >= 0.3 is 0 Å². The van der Waals surface area contributed by atoms with Gasteiger partial charge in [-0.05, 0) is 42.2 Å². The third-order valence-electron chi connectivity index (χ3n) is 4.49. The lowest BCUT2D eigenvalue weighted by Crippen LogP contribution is -2.37. The molecule has 3 rings (SSSR count). The van der Waals surface area contributed by atoms with Gasteiger partial charge in [-0.2, -0.15) is 9.40 Å². The summed E-state index contributed by atoms with van der Waals surface area (Å²) in [6.45, 7) is 2.62. The maximum atomic E-state index is 12.4. The highest BCUT2D eigenvalue weighted by atomic mass is 32.2. The van der Waals surface area contributed by atoms with Crippen LogP contribution in [0.4, 0.5) is 5.69 Å². The van der Waals surface area contributed by atoms with Crippen molar-refractivity contribution in [3.63, 3.8) is 0 Å². The number of fused-ring (bicyclic) bond motifs is 1. The van der Waals surface area contributed by atoms with Crippen molar-refractivity contribution in [2.75, 3.05) is 17.6 Å². The fourth-order valence-corrected chi connectivity index (χ4v) is 4.53. The normalized spacial score (nSPS) is 14.6. The molecule has 1 aliphatic rings. The van der Waals surface area contributed by atoms with Gasteiger partial charge in [-0.1, -0.05) is 13.0 Å². The first-order valence-corrected chi connectivity index (χ1v) is 10.4. The second kappa shape index (κ2) is 7.61. The van der Waals surface area contributed by atoms with Gasteiger partial charge in [0.25, 0.3) is 11.5 Å². The molecule has 8 nitrogen and oxygen atoms in total. The van der Waals surface area contributed by atoms with E-state index in [0.29, 0.717) is 31.6 Å². The quantitative estimate of drug-likeness (QED) is 0.825. The number of amides is 1. The molecule has 0 bridgehead atoms. The molecule has 2 heterocycles. The van der Waals surface area contributed by atoms with E-state index >= 15 is 0 Å². The van der Waals surface area contributed by atoms with Crippen LogP contribution in [0, 0.1) is 0 Å². The summed E-state index contributed by atoms with van der Waals surface area (Å²) in [5, 5.41) is 6.67. The van der Waals surface area contributed by atoms with Crippen LogP contribution in [0.25, 0.3) is 0 Å². The average molecular weight is 390 g/mol. The maximum absolute atomic E-state index is 12.4. The number of hydrogen-bond acceptors (Lipinski definition) is 5. The van der Waals surface area contributed by atoms with Crippen LogP contribution in [0.1, 0.15) is 35.0 Å². The monoisotopic (exact) mass is 390 g/mol. The lowest BCUT2D eigenvalue weighted by molar-refractivity contribution is 0.102. The fourth-order valence-electron chi connectivity index (χ4n) is 3.05. The predicted octanol–water partition coefficient (Wildman–Crippen LogP) is 1.13. The van der Waals surface area contributed by atoms with Crippen molar-refractivity contribution in [1.82, 2.24) is 14.1 Å². The van der Waals surface area contributed by atoms with Crippen LogP contribution in [0.15, 0.2) is 35.1 Å². The van der Waals surface area contributed by atoms with E-state index in [9.17, 15) is 18.0 Å². The number of rotatable bonds is 5. The molecule has 0 saturated carbocycles. The molecule has 9 heteroatoms. The summed E-state index contributed by atoms with van der Waals surface area (Å²) in [7, 11) is -1.78. The number of nitrogens with one attached hydrogen (secondary N) is 1. The highest BCUT2D eigenvalue weighted by Gasteiger charge is 2.26. The highest BCUT2D eigenvalue weighted by Crippen LogP contribution is 2.25. The summed E-state index contributed by atoms with van der Waals surface area (Å²) >= 11 is 0. The van der Waals surface area contributed by atoms with E-state index < -0.39 is 15.9 Å². The number of carbonyl (C=O) groups is 1. The number of benzene rings is 1. The van der Waals surface area contributed by atoms with E-state index in [2.05, 4.69) is 10.4 Å². The molecule has 1 aliphatic heterocycles. The predicted molar refractivity (Wildman–Crippen MR) is 102 cm³/mol. The van der Waals surface area contributed by atoms with Crippen LogP contribution < -0.4 is 10.9 Å². The zero-order chi connectivity index (χ0) is 19.6. The number of anilines is 1. The van der Waals surface area contributed by atoms with E-state index in [1.807, 2.05) is 13.0 Å². The average Bonchev–Trinajstić information content (AvgIpc) is 2.63. The number of hydrogen-bond donors (Lipinski definition) is 1. The molecule has 0 spiro atoms. The first-order valence-electron chi connectivity index (χ1n) is 8.75. The minimum atomic E-state index is -3.26. The molecule has 1 amide bonds. The number of aromatic nitrogens is 2. The first-order chi connectivity index (χ1) is 12.8. The van der Waals surface area contributed by atoms with Crippen LogP contribution in [0.2, 0.25) is 0 Å². The van der Waals surface area contributed by atoms with Gasteiger partial charge in [0.2, 0.25) is 10.0 Å². The highest BCUT2D eigenvalue weighted by molar-refractivity contribution is 7.89. The van der Waals surface area contributed by atoms with E-state index in [0.717, 1.165) is 15.8 Å². The maximum Gasteiger partial charge on any atom is 0.276 e. The Labute approximate surface area is 157 Å². The number of nitrogens with zero attached hydrogens (tertiary/aromatic N) is 3. The Hall–Kier alpha value is -2.52. The summed E-state index contributed by atoms with van der Waals surface area (Å²) in [5.74, 6) is -0.297. The van der Waals surface area contributed by atoms with Crippen LogP contribution >= 0.6 is 0 Å².